The van der Waals surface area contributed by atoms with Gasteiger partial charge in [-0.25, -0.2) is 4.68 Å². The van der Waals surface area contributed by atoms with E-state index in [-0.39, 0.29) is 31.9 Å². The summed E-state index contributed by atoms with van der Waals surface area (Å²) in [5, 5.41) is 21.1. The summed E-state index contributed by atoms with van der Waals surface area (Å²) in [6.45, 7) is 1.71. The average molecular weight is 469 g/mol. The molecule has 0 spiro atoms. The molecule has 1 amide bonds. The number of thiocarbonyl (C=S) groups is 1. The van der Waals surface area contributed by atoms with Gasteiger partial charge >= 0.3 is 0 Å². The monoisotopic (exact) mass is 468 g/mol. The van der Waals surface area contributed by atoms with E-state index in [1.54, 1.807) is 42.9 Å². The van der Waals surface area contributed by atoms with E-state index in [9.17, 15) is 24.8 Å². The fourth-order valence-corrected chi connectivity index (χ4v) is 4.65. The molecule has 3 aromatic rings. The number of amides is 1. The largest absolute Gasteiger partial charge is 0.507 e. The van der Waals surface area contributed by atoms with Gasteiger partial charge in [0.15, 0.2) is 4.32 Å². The first-order chi connectivity index (χ1) is 15.2. The van der Waals surface area contributed by atoms with Crippen molar-refractivity contribution in [1.82, 2.24) is 9.36 Å². The first kappa shape index (κ1) is 21.5. The SMILES string of the molecule is Cc1c(N2C(=O)/C(=C\c3cc([N+](=O)[O-])ccc3O)SC2=S)c(=O)n(-c2ccccc2)n1C. The van der Waals surface area contributed by atoms with Gasteiger partial charge in [0.1, 0.15) is 11.4 Å². The lowest BCUT2D eigenvalue weighted by molar-refractivity contribution is -0.384. The summed E-state index contributed by atoms with van der Waals surface area (Å²) in [6, 6.07) is 12.5. The van der Waals surface area contributed by atoms with Crippen LogP contribution in [0.1, 0.15) is 11.3 Å². The molecular formula is C21H16N4O5S2. The second-order valence-corrected chi connectivity index (χ2v) is 8.60. The maximum atomic E-state index is 13.3. The Morgan fingerprint density at radius 3 is 2.50 bits per heavy atom. The summed E-state index contributed by atoms with van der Waals surface area (Å²) < 4.78 is 3.23. The Morgan fingerprint density at radius 1 is 1.16 bits per heavy atom. The van der Waals surface area contributed by atoms with E-state index in [4.69, 9.17) is 12.2 Å². The van der Waals surface area contributed by atoms with Crippen LogP contribution in [0.4, 0.5) is 11.4 Å². The predicted octanol–water partition coefficient (Wildman–Crippen LogP) is 3.50. The van der Waals surface area contributed by atoms with Crippen molar-refractivity contribution in [3.63, 3.8) is 0 Å². The Hall–Kier alpha value is -3.70. The number of carbonyl (C=O) groups is 1. The van der Waals surface area contributed by atoms with E-state index < -0.39 is 16.4 Å². The third-order valence-electron chi connectivity index (χ3n) is 5.05. The number of nitrogens with zero attached hydrogens (tertiary/aromatic N) is 4. The molecule has 9 nitrogen and oxygen atoms in total. The molecule has 1 aromatic heterocycles. The summed E-state index contributed by atoms with van der Waals surface area (Å²) >= 11 is 6.33. The number of nitro groups is 1. The topological polar surface area (TPSA) is 111 Å². The molecule has 1 fully saturated rings. The van der Waals surface area contributed by atoms with Gasteiger partial charge in [-0.2, -0.15) is 0 Å². The third kappa shape index (κ3) is 3.51. The molecule has 32 heavy (non-hydrogen) atoms. The zero-order chi connectivity index (χ0) is 23.2. The smallest absolute Gasteiger partial charge is 0.296 e. The minimum Gasteiger partial charge on any atom is -0.507 e. The number of phenolic OH excluding ortho intramolecular Hbond substituents is 1. The number of hydrogen-bond acceptors (Lipinski definition) is 7. The van der Waals surface area contributed by atoms with Crippen molar-refractivity contribution in [2.24, 2.45) is 7.05 Å². The van der Waals surface area contributed by atoms with E-state index >= 15 is 0 Å². The Balaban J connectivity index is 1.79. The molecule has 4 rings (SSSR count). The number of hydrogen-bond donors (Lipinski definition) is 1. The third-order valence-corrected chi connectivity index (χ3v) is 6.35. The Labute approximate surface area is 191 Å². The van der Waals surface area contributed by atoms with Gasteiger partial charge in [-0.1, -0.05) is 42.2 Å². The standard InChI is InChI=1S/C21H16N4O5S2/c1-12-18(20(28)24(22(12)2)14-6-4-3-5-7-14)23-19(27)17(32-21(23)31)11-13-10-15(25(29)30)8-9-16(13)26/h3-11,26H,1-2H3/b17-11+. The maximum absolute atomic E-state index is 13.3. The van der Waals surface area contributed by atoms with Crippen LogP contribution in [-0.2, 0) is 11.8 Å². The van der Waals surface area contributed by atoms with Gasteiger partial charge in [0.25, 0.3) is 17.2 Å². The number of nitro benzene ring substituents is 1. The molecule has 162 valence electrons. The van der Waals surface area contributed by atoms with E-state index in [0.717, 1.165) is 28.8 Å². The predicted molar refractivity (Wildman–Crippen MR) is 126 cm³/mol. The second kappa shape index (κ2) is 8.09. The lowest BCUT2D eigenvalue weighted by Crippen LogP contribution is -2.33. The number of thioether (sulfide) groups is 1. The van der Waals surface area contributed by atoms with Gasteiger partial charge in [0.05, 0.1) is 21.2 Å². The highest BCUT2D eigenvalue weighted by Crippen LogP contribution is 2.37. The van der Waals surface area contributed by atoms with Gasteiger partial charge in [-0.05, 0) is 31.2 Å². The quantitative estimate of drug-likeness (QED) is 0.270. The molecule has 1 aliphatic rings. The number of rotatable bonds is 4. The molecule has 0 atom stereocenters. The van der Waals surface area contributed by atoms with Crippen LogP contribution in [-0.4, -0.2) is 29.6 Å². The van der Waals surface area contributed by atoms with Crippen molar-refractivity contribution in [2.75, 3.05) is 4.90 Å². The van der Waals surface area contributed by atoms with Crippen LogP contribution in [0.2, 0.25) is 0 Å². The van der Waals surface area contributed by atoms with E-state index in [1.165, 1.54) is 16.8 Å². The molecule has 2 aromatic carbocycles. The molecule has 0 bridgehead atoms. The average Bonchev–Trinajstić information content (AvgIpc) is 3.15. The van der Waals surface area contributed by atoms with Crippen LogP contribution in [0.3, 0.4) is 0 Å². The fraction of sp³-hybridized carbons (Fsp3) is 0.0952. The van der Waals surface area contributed by atoms with Crippen LogP contribution in [0.15, 0.2) is 58.2 Å². The Kier molecular flexibility index (Phi) is 5.45. The van der Waals surface area contributed by atoms with Crippen molar-refractivity contribution in [2.45, 2.75) is 6.92 Å². The van der Waals surface area contributed by atoms with Crippen molar-refractivity contribution < 1.29 is 14.8 Å². The molecule has 1 aliphatic heterocycles. The first-order valence-corrected chi connectivity index (χ1v) is 10.5. The normalized spacial score (nSPS) is 15.1. The lowest BCUT2D eigenvalue weighted by Gasteiger charge is -2.12. The van der Waals surface area contributed by atoms with E-state index in [1.807, 2.05) is 6.07 Å². The fourth-order valence-electron chi connectivity index (χ4n) is 3.38. The molecule has 0 aliphatic carbocycles. The number of anilines is 1. The number of non-ortho nitro benzene ring substituents is 1. The summed E-state index contributed by atoms with van der Waals surface area (Å²) in [7, 11) is 1.71. The molecule has 1 saturated heterocycles. The summed E-state index contributed by atoms with van der Waals surface area (Å²) in [5.41, 5.74) is 0.768. The molecule has 0 saturated carbocycles. The number of carbonyl (C=O) groups excluding carboxylic acids is 1. The van der Waals surface area contributed by atoms with Crippen molar-refractivity contribution in [3.05, 3.63) is 85.2 Å². The number of phenols is 1. The number of aromatic hydroxyl groups is 1. The number of para-hydroxylation sites is 1. The van der Waals surface area contributed by atoms with Gasteiger partial charge in [-0.15, -0.1) is 0 Å². The van der Waals surface area contributed by atoms with Crippen LogP contribution < -0.4 is 10.5 Å². The van der Waals surface area contributed by atoms with E-state index in [2.05, 4.69) is 0 Å². The van der Waals surface area contributed by atoms with Crippen LogP contribution in [0.25, 0.3) is 11.8 Å². The van der Waals surface area contributed by atoms with Gasteiger partial charge < -0.3 is 5.11 Å². The highest BCUT2D eigenvalue weighted by Gasteiger charge is 2.38. The number of benzene rings is 2. The van der Waals surface area contributed by atoms with Crippen molar-refractivity contribution in [1.29, 1.82) is 0 Å². The molecule has 0 radical (unpaired) electrons. The van der Waals surface area contributed by atoms with Crippen molar-refractivity contribution >= 4 is 51.7 Å². The maximum Gasteiger partial charge on any atom is 0.296 e. The number of aromatic nitrogens is 2. The van der Waals surface area contributed by atoms with Gasteiger partial charge in [0.2, 0.25) is 0 Å². The summed E-state index contributed by atoms with van der Waals surface area (Å²) in [4.78, 5) is 38.2. The molecule has 1 N–H and O–H groups in total. The Bertz CT molecular complexity index is 1370. The summed E-state index contributed by atoms with van der Waals surface area (Å²) in [6.07, 6.45) is 1.33. The minimum atomic E-state index is -0.596. The molecular weight excluding hydrogens is 452 g/mol. The lowest BCUT2D eigenvalue weighted by atomic mass is 10.1. The van der Waals surface area contributed by atoms with Gasteiger partial charge in [-0.3, -0.25) is 29.3 Å². The van der Waals surface area contributed by atoms with Crippen LogP contribution in [0.5, 0.6) is 5.75 Å². The van der Waals surface area contributed by atoms with Crippen LogP contribution in [0, 0.1) is 17.0 Å². The zero-order valence-corrected chi connectivity index (χ0v) is 18.5. The Morgan fingerprint density at radius 2 is 1.84 bits per heavy atom. The van der Waals surface area contributed by atoms with Crippen LogP contribution >= 0.6 is 24.0 Å². The highest BCUT2D eigenvalue weighted by atomic mass is 32.2. The van der Waals surface area contributed by atoms with Gasteiger partial charge in [0, 0.05) is 24.7 Å². The van der Waals surface area contributed by atoms with E-state index in [0.29, 0.717) is 11.4 Å². The second-order valence-electron chi connectivity index (χ2n) is 6.93. The first-order valence-electron chi connectivity index (χ1n) is 9.30. The highest BCUT2D eigenvalue weighted by molar-refractivity contribution is 8.27. The van der Waals surface area contributed by atoms with Crippen molar-refractivity contribution in [3.8, 4) is 11.4 Å². The zero-order valence-electron chi connectivity index (χ0n) is 16.9. The minimum absolute atomic E-state index is 0.103. The molecule has 11 heteroatoms. The molecule has 2 heterocycles. The summed E-state index contributed by atoms with van der Waals surface area (Å²) in [5.74, 6) is -0.764. The molecule has 0 unspecified atom stereocenters.